The van der Waals surface area contributed by atoms with Gasteiger partial charge in [0.2, 0.25) is 0 Å². The van der Waals surface area contributed by atoms with E-state index in [1.165, 1.54) is 283 Å². The molecule has 0 N–H and O–H groups in total. The van der Waals surface area contributed by atoms with Crippen LogP contribution in [0.4, 0.5) is 0 Å². The highest BCUT2D eigenvalue weighted by Gasteiger charge is 2.17. The Hall–Kier alpha value is 0. The predicted octanol–water partition coefficient (Wildman–Crippen LogP) is 19.7. The summed E-state index contributed by atoms with van der Waals surface area (Å²) in [4.78, 5) is 0. The average molecular weight is 716 g/mol. The van der Waals surface area contributed by atoms with Crippen molar-refractivity contribution in [2.75, 3.05) is 0 Å². The maximum Gasteiger partial charge on any atom is -0.0324 e. The third-order valence-electron chi connectivity index (χ3n) is 12.3. The molecule has 0 atom stereocenters. The van der Waals surface area contributed by atoms with E-state index >= 15 is 0 Å². The van der Waals surface area contributed by atoms with E-state index in [1.54, 1.807) is 0 Å². The topological polar surface area (TPSA) is 0 Å². The fourth-order valence-corrected chi connectivity index (χ4v) is 8.63. The van der Waals surface area contributed by atoms with Gasteiger partial charge in [-0.2, -0.15) is 0 Å². The normalized spacial score (nSPS) is 11.9. The first-order valence-corrected chi connectivity index (χ1v) is 25.1. The molecule has 0 fully saturated rings. The summed E-state index contributed by atoms with van der Waals surface area (Å²) in [6, 6.07) is 0. The van der Waals surface area contributed by atoms with Crippen LogP contribution in [0.2, 0.25) is 0 Å². The van der Waals surface area contributed by atoms with Gasteiger partial charge in [0.05, 0.1) is 0 Å². The van der Waals surface area contributed by atoms with Crippen LogP contribution in [-0.4, -0.2) is 0 Å². The Balaban J connectivity index is 4.75. The van der Waals surface area contributed by atoms with Gasteiger partial charge in [-0.3, -0.25) is 0 Å². The zero-order chi connectivity index (χ0) is 37.0. The SMILES string of the molecule is CCCCCCCCCCCCC([CH]C(CCCCCCCCCCCC)CCCCCCCCCCCC)CCCCCCCCCCCC. The molecule has 0 saturated heterocycles. The summed E-state index contributed by atoms with van der Waals surface area (Å²) in [6.45, 7) is 9.33. The molecule has 0 aliphatic heterocycles. The molecule has 0 aromatic carbocycles. The fraction of sp³-hybridized carbons (Fsp3) is 0.980. The first kappa shape index (κ1) is 51.0. The molecule has 307 valence electrons. The van der Waals surface area contributed by atoms with Crippen LogP contribution in [0.3, 0.4) is 0 Å². The van der Waals surface area contributed by atoms with Crippen molar-refractivity contribution in [2.45, 2.75) is 310 Å². The molecule has 51 heavy (non-hydrogen) atoms. The summed E-state index contributed by atoms with van der Waals surface area (Å²) in [7, 11) is 0. The molecule has 0 spiro atoms. The molecule has 0 bridgehead atoms. The second-order valence-corrected chi connectivity index (χ2v) is 17.6. The number of hydrogen-bond acceptors (Lipinski definition) is 0. The molecule has 0 unspecified atom stereocenters. The summed E-state index contributed by atoms with van der Waals surface area (Å²) < 4.78 is 0. The van der Waals surface area contributed by atoms with Crippen LogP contribution < -0.4 is 0 Å². The minimum absolute atomic E-state index is 0.893. The molecule has 0 heterocycles. The Morgan fingerprint density at radius 3 is 0.490 bits per heavy atom. The monoisotopic (exact) mass is 716 g/mol. The smallest absolute Gasteiger partial charge is 0.0324 e. The molecule has 0 amide bonds. The van der Waals surface area contributed by atoms with Crippen LogP contribution in [0.25, 0.3) is 0 Å². The molecule has 0 aromatic rings. The maximum absolute atomic E-state index is 2.98. The van der Waals surface area contributed by atoms with E-state index in [1.807, 2.05) is 0 Å². The van der Waals surface area contributed by atoms with Crippen LogP contribution in [0.15, 0.2) is 0 Å². The van der Waals surface area contributed by atoms with Crippen molar-refractivity contribution in [1.29, 1.82) is 0 Å². The van der Waals surface area contributed by atoms with E-state index in [0.717, 1.165) is 11.8 Å². The van der Waals surface area contributed by atoms with Gasteiger partial charge in [0.15, 0.2) is 0 Å². The van der Waals surface area contributed by atoms with Gasteiger partial charge in [-0.05, 0) is 18.3 Å². The second kappa shape index (κ2) is 46.2. The Kier molecular flexibility index (Phi) is 46.2. The molecule has 0 aromatic heterocycles. The van der Waals surface area contributed by atoms with Gasteiger partial charge in [-0.15, -0.1) is 0 Å². The van der Waals surface area contributed by atoms with E-state index in [-0.39, 0.29) is 0 Å². The van der Waals surface area contributed by atoms with Gasteiger partial charge in [-0.25, -0.2) is 0 Å². The van der Waals surface area contributed by atoms with E-state index in [9.17, 15) is 0 Å². The van der Waals surface area contributed by atoms with E-state index in [4.69, 9.17) is 0 Å². The molecule has 0 rings (SSSR count). The number of rotatable bonds is 46. The summed E-state index contributed by atoms with van der Waals surface area (Å²) in [5, 5.41) is 0. The molecule has 0 nitrogen and oxygen atoms in total. The molecule has 1 radical (unpaired) electrons. The van der Waals surface area contributed by atoms with Crippen molar-refractivity contribution >= 4 is 0 Å². The van der Waals surface area contributed by atoms with Crippen molar-refractivity contribution < 1.29 is 0 Å². The van der Waals surface area contributed by atoms with Crippen LogP contribution in [0, 0.1) is 18.3 Å². The third-order valence-corrected chi connectivity index (χ3v) is 12.3. The van der Waals surface area contributed by atoms with Crippen molar-refractivity contribution in [2.24, 2.45) is 11.8 Å². The highest BCUT2D eigenvalue weighted by Crippen LogP contribution is 2.31. The first-order chi connectivity index (χ1) is 25.3. The van der Waals surface area contributed by atoms with Crippen molar-refractivity contribution in [3.8, 4) is 0 Å². The van der Waals surface area contributed by atoms with Crippen LogP contribution in [-0.2, 0) is 0 Å². The minimum Gasteiger partial charge on any atom is -0.0654 e. The Bertz CT molecular complexity index is 481. The lowest BCUT2D eigenvalue weighted by Gasteiger charge is -2.24. The van der Waals surface area contributed by atoms with Gasteiger partial charge in [-0.1, -0.05) is 310 Å². The Labute approximate surface area is 327 Å². The fourth-order valence-electron chi connectivity index (χ4n) is 8.63. The van der Waals surface area contributed by atoms with Gasteiger partial charge in [0, 0.05) is 0 Å². The highest BCUT2D eigenvalue weighted by atomic mass is 14.2. The van der Waals surface area contributed by atoms with Crippen molar-refractivity contribution in [3.63, 3.8) is 0 Å². The van der Waals surface area contributed by atoms with E-state index < -0.39 is 0 Å². The van der Waals surface area contributed by atoms with Crippen molar-refractivity contribution in [3.05, 3.63) is 6.42 Å². The lowest BCUT2D eigenvalue weighted by Crippen LogP contribution is -2.12. The minimum atomic E-state index is 0.893. The summed E-state index contributed by atoms with van der Waals surface area (Å²) in [6.07, 6.45) is 67.5. The van der Waals surface area contributed by atoms with Gasteiger partial charge in [0.1, 0.15) is 0 Å². The molecule has 0 saturated carbocycles. The standard InChI is InChI=1S/C51H103/c1-5-9-13-17-21-25-29-33-37-41-45-50(46-42-38-34-30-26-22-18-14-10-6-2)49-51(47-43-39-35-31-27-23-19-15-11-7-3)48-44-40-36-32-28-24-20-16-12-8-4/h49-51H,5-48H2,1-4H3. The van der Waals surface area contributed by atoms with Crippen molar-refractivity contribution in [1.82, 2.24) is 0 Å². The van der Waals surface area contributed by atoms with Gasteiger partial charge < -0.3 is 0 Å². The quantitative estimate of drug-likeness (QED) is 0.0551. The summed E-state index contributed by atoms with van der Waals surface area (Å²) >= 11 is 0. The summed E-state index contributed by atoms with van der Waals surface area (Å²) in [5.41, 5.74) is 0. The zero-order valence-corrected chi connectivity index (χ0v) is 36.8. The summed E-state index contributed by atoms with van der Waals surface area (Å²) in [5.74, 6) is 1.79. The van der Waals surface area contributed by atoms with Crippen LogP contribution >= 0.6 is 0 Å². The van der Waals surface area contributed by atoms with Crippen LogP contribution in [0.5, 0.6) is 0 Å². The Morgan fingerprint density at radius 2 is 0.333 bits per heavy atom. The predicted molar refractivity (Wildman–Crippen MR) is 237 cm³/mol. The maximum atomic E-state index is 2.98. The zero-order valence-electron chi connectivity index (χ0n) is 36.8. The lowest BCUT2D eigenvalue weighted by molar-refractivity contribution is 0.363. The Morgan fingerprint density at radius 1 is 0.196 bits per heavy atom. The molecule has 0 aliphatic rings. The molecule has 0 heteroatoms. The van der Waals surface area contributed by atoms with Gasteiger partial charge >= 0.3 is 0 Å². The molecular weight excluding hydrogens is 613 g/mol. The second-order valence-electron chi connectivity index (χ2n) is 17.6. The lowest BCUT2D eigenvalue weighted by atomic mass is 9.81. The largest absolute Gasteiger partial charge is 0.0654 e. The number of unbranched alkanes of at least 4 members (excludes halogenated alkanes) is 36. The average Bonchev–Trinajstić information content (AvgIpc) is 3.14. The van der Waals surface area contributed by atoms with Crippen LogP contribution in [0.1, 0.15) is 310 Å². The molecular formula is C51H103. The highest BCUT2D eigenvalue weighted by molar-refractivity contribution is 4.84. The van der Waals surface area contributed by atoms with E-state index in [0.29, 0.717) is 0 Å². The third kappa shape index (κ3) is 42.6. The first-order valence-electron chi connectivity index (χ1n) is 25.1. The number of hydrogen-bond donors (Lipinski definition) is 0. The van der Waals surface area contributed by atoms with E-state index in [2.05, 4.69) is 34.1 Å². The molecule has 0 aliphatic carbocycles. The van der Waals surface area contributed by atoms with Gasteiger partial charge in [0.25, 0.3) is 0 Å².